The molecule has 322 valence electrons. The highest BCUT2D eigenvalue weighted by Crippen LogP contribution is 2.52. The second kappa shape index (κ2) is 34.6. The summed E-state index contributed by atoms with van der Waals surface area (Å²) in [6.45, 7) is 12.0. The quantitative estimate of drug-likeness (QED) is 0.0367. The Balaban J connectivity index is 2.93. The number of methoxy groups -OCH3 is 3. The number of phosphoric ester groups is 1. The lowest BCUT2D eigenvalue weighted by molar-refractivity contribution is -0.269. The summed E-state index contributed by atoms with van der Waals surface area (Å²) in [5, 5.41) is 3.11. The van der Waals surface area contributed by atoms with Gasteiger partial charge in [0.15, 0.2) is 6.29 Å². The fourth-order valence-electron chi connectivity index (χ4n) is 6.72. The van der Waals surface area contributed by atoms with Crippen LogP contribution in [0.15, 0.2) is 37.5 Å². The van der Waals surface area contributed by atoms with Crippen molar-refractivity contribution in [2.45, 2.75) is 185 Å². The minimum atomic E-state index is -4.18. The summed E-state index contributed by atoms with van der Waals surface area (Å²) in [6.07, 6.45) is 27.2. The molecule has 1 aliphatic heterocycles. The van der Waals surface area contributed by atoms with Crippen LogP contribution >= 0.6 is 7.82 Å². The minimum absolute atomic E-state index is 0.00163. The zero-order valence-electron chi connectivity index (χ0n) is 35.4. The van der Waals surface area contributed by atoms with Gasteiger partial charge in [-0.1, -0.05) is 122 Å². The van der Waals surface area contributed by atoms with Crippen LogP contribution in [-0.4, -0.2) is 90.4 Å². The summed E-state index contributed by atoms with van der Waals surface area (Å²) >= 11 is 0. The Labute approximate surface area is 335 Å². The SMILES string of the molecule is C=CCOP(=O)(OCC=C)O[C@@H]1C(COC)OC(OC)[C@H](NC(=O)CCCCCCCCC/C=C\CCCCCC)C1OCCC(CCCCCCC)OC. The van der Waals surface area contributed by atoms with E-state index in [1.54, 1.807) is 7.11 Å². The zero-order valence-corrected chi connectivity index (χ0v) is 36.3. The smallest absolute Gasteiger partial charge is 0.382 e. The maximum absolute atomic E-state index is 13.9. The van der Waals surface area contributed by atoms with E-state index in [2.05, 4.69) is 44.5 Å². The van der Waals surface area contributed by atoms with Gasteiger partial charge in [0, 0.05) is 34.4 Å². The number of hydrogen-bond acceptors (Lipinski definition) is 10. The van der Waals surface area contributed by atoms with Crippen molar-refractivity contribution in [3.05, 3.63) is 37.5 Å². The second-order valence-corrected chi connectivity index (χ2v) is 16.2. The molecule has 0 saturated carbocycles. The number of allylic oxidation sites excluding steroid dienone is 2. The average Bonchev–Trinajstić information content (AvgIpc) is 3.18. The van der Waals surface area contributed by atoms with E-state index in [4.69, 9.17) is 37.3 Å². The van der Waals surface area contributed by atoms with Crippen LogP contribution in [0.4, 0.5) is 0 Å². The summed E-state index contributed by atoms with van der Waals surface area (Å²) in [5.74, 6) is -0.148. The normalized spacial score (nSPS) is 20.9. The Morgan fingerprint density at radius 2 is 1.33 bits per heavy atom. The summed E-state index contributed by atoms with van der Waals surface area (Å²) in [7, 11) is 0.592. The van der Waals surface area contributed by atoms with E-state index >= 15 is 0 Å². The third-order valence-corrected chi connectivity index (χ3v) is 11.3. The van der Waals surface area contributed by atoms with Crippen LogP contribution in [0.5, 0.6) is 0 Å². The number of hydrogen-bond donors (Lipinski definition) is 1. The van der Waals surface area contributed by atoms with E-state index in [-0.39, 0.29) is 31.8 Å². The van der Waals surface area contributed by atoms with Crippen molar-refractivity contribution in [2.24, 2.45) is 0 Å². The molecule has 1 amide bonds. The third kappa shape index (κ3) is 24.2. The molecule has 1 heterocycles. The lowest BCUT2D eigenvalue weighted by Crippen LogP contribution is -2.66. The topological polar surface area (TPSA) is 120 Å². The van der Waals surface area contributed by atoms with Crippen molar-refractivity contribution in [1.82, 2.24) is 5.32 Å². The van der Waals surface area contributed by atoms with Gasteiger partial charge in [0.05, 0.1) is 25.9 Å². The fourth-order valence-corrected chi connectivity index (χ4v) is 8.05. The first-order chi connectivity index (χ1) is 26.8. The highest BCUT2D eigenvalue weighted by atomic mass is 31.2. The molecule has 1 saturated heterocycles. The van der Waals surface area contributed by atoms with E-state index in [0.29, 0.717) is 19.4 Å². The highest BCUT2D eigenvalue weighted by Gasteiger charge is 2.51. The van der Waals surface area contributed by atoms with Crippen molar-refractivity contribution >= 4 is 13.7 Å². The molecule has 4 unspecified atom stereocenters. The van der Waals surface area contributed by atoms with Gasteiger partial charge in [-0.2, -0.15) is 0 Å². The van der Waals surface area contributed by atoms with Gasteiger partial charge in [-0.25, -0.2) is 4.57 Å². The lowest BCUT2D eigenvalue weighted by atomic mass is 9.96. The number of nitrogens with one attached hydrogen (secondary N) is 1. The summed E-state index contributed by atoms with van der Waals surface area (Å²) in [5.41, 5.74) is 0. The van der Waals surface area contributed by atoms with Gasteiger partial charge < -0.3 is 29.0 Å². The largest absolute Gasteiger partial charge is 0.475 e. The summed E-state index contributed by atoms with van der Waals surface area (Å²) in [4.78, 5) is 13.5. The Morgan fingerprint density at radius 3 is 1.89 bits per heavy atom. The molecule has 1 rings (SSSR count). The molecule has 1 fully saturated rings. The van der Waals surface area contributed by atoms with Gasteiger partial charge in [-0.15, -0.1) is 13.2 Å². The van der Waals surface area contributed by atoms with Crippen molar-refractivity contribution in [3.63, 3.8) is 0 Å². The molecule has 0 aromatic carbocycles. The number of unbranched alkanes of at least 4 members (excludes halogenated alkanes) is 15. The van der Waals surface area contributed by atoms with Gasteiger partial charge in [0.25, 0.3) is 0 Å². The Bertz CT molecular complexity index is 1010. The molecule has 0 bridgehead atoms. The first-order valence-corrected chi connectivity index (χ1v) is 22.8. The summed E-state index contributed by atoms with van der Waals surface area (Å²) < 4.78 is 61.1. The van der Waals surface area contributed by atoms with E-state index in [0.717, 1.165) is 44.9 Å². The van der Waals surface area contributed by atoms with Crippen molar-refractivity contribution in [1.29, 1.82) is 0 Å². The number of phosphoric acid groups is 1. The molecule has 0 aromatic rings. The first kappa shape index (κ1) is 51.6. The molecule has 6 atom stereocenters. The van der Waals surface area contributed by atoms with E-state index < -0.39 is 38.5 Å². The van der Waals surface area contributed by atoms with Crippen molar-refractivity contribution in [3.8, 4) is 0 Å². The molecule has 12 heteroatoms. The van der Waals surface area contributed by atoms with Crippen LogP contribution in [0.3, 0.4) is 0 Å². The van der Waals surface area contributed by atoms with E-state index in [9.17, 15) is 9.36 Å². The van der Waals surface area contributed by atoms with Gasteiger partial charge in [-0.05, 0) is 44.9 Å². The van der Waals surface area contributed by atoms with Gasteiger partial charge in [0.1, 0.15) is 24.4 Å². The van der Waals surface area contributed by atoms with Crippen LogP contribution < -0.4 is 5.32 Å². The molecule has 1 N–H and O–H groups in total. The molecule has 0 aromatic heterocycles. The molecule has 0 radical (unpaired) electrons. The van der Waals surface area contributed by atoms with Crippen LogP contribution in [0.1, 0.15) is 149 Å². The molecule has 1 aliphatic rings. The molecule has 11 nitrogen and oxygen atoms in total. The predicted octanol–water partition coefficient (Wildman–Crippen LogP) is 10.6. The molecule has 0 spiro atoms. The fraction of sp³-hybridized carbons (Fsp3) is 0.837. The lowest BCUT2D eigenvalue weighted by Gasteiger charge is -2.46. The Kier molecular flexibility index (Phi) is 32.5. The van der Waals surface area contributed by atoms with Gasteiger partial charge in [0.2, 0.25) is 5.91 Å². The standard InChI is InChI=1S/C43H80NO10P/c1-8-12-14-16-17-18-19-20-21-22-23-24-25-27-29-31-39(45)44-40-42(50-35-32-37(48-6)30-28-26-15-13-9-2)41(38(36-47-5)53-43(40)49-7)54-55(46,51-33-10-3)52-34-11-4/h10-11,18-19,37-38,40-43H,3-4,8-9,12-17,20-36H2,1-2,5-7H3,(H,44,45)/b19-18-/t37?,38?,40-,41-,42?,43?/m1/s1. The molecular formula is C43H80NO10P. The Hall–Kier alpha value is -1.40. The Morgan fingerprint density at radius 1 is 0.764 bits per heavy atom. The first-order valence-electron chi connectivity index (χ1n) is 21.4. The number of amides is 1. The van der Waals surface area contributed by atoms with Crippen LogP contribution in [0.25, 0.3) is 0 Å². The van der Waals surface area contributed by atoms with Crippen LogP contribution in [0, 0.1) is 0 Å². The monoisotopic (exact) mass is 802 g/mol. The third-order valence-electron chi connectivity index (χ3n) is 9.87. The molecule has 55 heavy (non-hydrogen) atoms. The van der Waals surface area contributed by atoms with Crippen LogP contribution in [0.2, 0.25) is 0 Å². The number of ether oxygens (including phenoxy) is 5. The number of rotatable bonds is 38. The second-order valence-electron chi connectivity index (χ2n) is 14.5. The number of carbonyl (C=O) groups excluding carboxylic acids is 1. The molecule has 0 aliphatic carbocycles. The maximum atomic E-state index is 13.9. The molecular weight excluding hydrogens is 721 g/mol. The van der Waals surface area contributed by atoms with Crippen molar-refractivity contribution < 1.29 is 46.6 Å². The maximum Gasteiger partial charge on any atom is 0.475 e. The predicted molar refractivity (Wildman–Crippen MR) is 222 cm³/mol. The highest BCUT2D eigenvalue weighted by molar-refractivity contribution is 7.48. The zero-order chi connectivity index (χ0) is 40.4. The minimum Gasteiger partial charge on any atom is -0.382 e. The van der Waals surface area contributed by atoms with E-state index in [1.165, 1.54) is 103 Å². The van der Waals surface area contributed by atoms with Gasteiger partial charge in [-0.3, -0.25) is 18.4 Å². The van der Waals surface area contributed by atoms with Crippen LogP contribution in [-0.2, 0) is 46.6 Å². The van der Waals surface area contributed by atoms with Gasteiger partial charge >= 0.3 is 7.82 Å². The average molecular weight is 802 g/mol. The summed E-state index contributed by atoms with van der Waals surface area (Å²) in [6, 6.07) is -0.789. The van der Waals surface area contributed by atoms with Crippen molar-refractivity contribution in [2.75, 3.05) is 47.8 Å². The number of carbonyl (C=O) groups is 1. The van der Waals surface area contributed by atoms with E-state index in [1.807, 2.05) is 0 Å².